The van der Waals surface area contributed by atoms with E-state index in [0.717, 1.165) is 18.2 Å². The van der Waals surface area contributed by atoms with Crippen LogP contribution in [0.4, 0.5) is 8.78 Å². The molecule has 0 aliphatic carbocycles. The van der Waals surface area contributed by atoms with Gasteiger partial charge < -0.3 is 14.1 Å². The van der Waals surface area contributed by atoms with Crippen molar-refractivity contribution in [3.8, 4) is 11.5 Å². The molecule has 1 unspecified atom stereocenters. The third-order valence-electron chi connectivity index (χ3n) is 4.94. The molecule has 8 heteroatoms. The van der Waals surface area contributed by atoms with Crippen LogP contribution in [0.1, 0.15) is 30.7 Å². The SMILES string of the molecule is O=C1OCCC1CCC(=O)N1CCc2oc(-c3cc(F)cc(F)c3)nc2C1. The van der Waals surface area contributed by atoms with E-state index in [1.165, 1.54) is 0 Å². The summed E-state index contributed by atoms with van der Waals surface area (Å²) in [5.41, 5.74) is 0.814. The first-order valence-electron chi connectivity index (χ1n) is 8.89. The maximum absolute atomic E-state index is 13.4. The van der Waals surface area contributed by atoms with E-state index in [-0.39, 0.29) is 42.2 Å². The standard InChI is InChI=1S/C19H18F2N2O4/c20-13-7-12(8-14(21)9-13)18-22-15-10-23(5-3-16(15)27-18)17(24)2-1-11-4-6-26-19(11)25/h7-9,11H,1-6,10H2. The maximum atomic E-state index is 13.4. The highest BCUT2D eigenvalue weighted by Crippen LogP contribution is 2.28. The smallest absolute Gasteiger partial charge is 0.309 e. The summed E-state index contributed by atoms with van der Waals surface area (Å²) in [5.74, 6) is -1.13. The first-order valence-corrected chi connectivity index (χ1v) is 8.89. The number of carbonyl (C=O) groups is 2. The lowest BCUT2D eigenvalue weighted by Gasteiger charge is -2.25. The predicted molar refractivity (Wildman–Crippen MR) is 89.3 cm³/mol. The van der Waals surface area contributed by atoms with Gasteiger partial charge in [-0.05, 0) is 25.0 Å². The molecule has 27 heavy (non-hydrogen) atoms. The number of cyclic esters (lactones) is 1. The van der Waals surface area contributed by atoms with Crippen LogP contribution in [0, 0.1) is 17.6 Å². The highest BCUT2D eigenvalue weighted by Gasteiger charge is 2.29. The van der Waals surface area contributed by atoms with Gasteiger partial charge in [0.05, 0.1) is 19.1 Å². The Morgan fingerprint density at radius 1 is 1.26 bits per heavy atom. The average molecular weight is 376 g/mol. The monoisotopic (exact) mass is 376 g/mol. The van der Waals surface area contributed by atoms with Gasteiger partial charge in [0, 0.05) is 31.0 Å². The normalized spacial score (nSPS) is 19.1. The molecule has 0 saturated carbocycles. The van der Waals surface area contributed by atoms with Crippen LogP contribution in [0.25, 0.3) is 11.5 Å². The minimum absolute atomic E-state index is 0.0540. The number of halogens is 2. The van der Waals surface area contributed by atoms with Crippen molar-refractivity contribution in [1.82, 2.24) is 9.88 Å². The van der Waals surface area contributed by atoms with Crippen LogP contribution in [0.15, 0.2) is 22.6 Å². The summed E-state index contributed by atoms with van der Waals surface area (Å²) >= 11 is 0. The summed E-state index contributed by atoms with van der Waals surface area (Å²) in [6.45, 7) is 1.19. The van der Waals surface area contributed by atoms with Gasteiger partial charge in [0.2, 0.25) is 11.8 Å². The zero-order valence-corrected chi connectivity index (χ0v) is 14.5. The van der Waals surface area contributed by atoms with Gasteiger partial charge in [-0.2, -0.15) is 0 Å². The van der Waals surface area contributed by atoms with E-state index in [1.807, 2.05) is 0 Å². The number of hydrogen-bond acceptors (Lipinski definition) is 5. The molecule has 0 radical (unpaired) electrons. The number of fused-ring (bicyclic) bond motifs is 1. The van der Waals surface area contributed by atoms with Gasteiger partial charge in [0.1, 0.15) is 23.1 Å². The number of rotatable bonds is 4. The van der Waals surface area contributed by atoms with Gasteiger partial charge in [0.15, 0.2) is 0 Å². The molecule has 3 heterocycles. The van der Waals surface area contributed by atoms with Crippen LogP contribution in [0.2, 0.25) is 0 Å². The average Bonchev–Trinajstić information content (AvgIpc) is 3.24. The second-order valence-corrected chi connectivity index (χ2v) is 6.80. The zero-order chi connectivity index (χ0) is 19.0. The summed E-state index contributed by atoms with van der Waals surface area (Å²) in [5, 5.41) is 0. The minimum atomic E-state index is -0.705. The number of ether oxygens (including phenoxy) is 1. The predicted octanol–water partition coefficient (Wildman–Crippen LogP) is 2.85. The first kappa shape index (κ1) is 17.6. The quantitative estimate of drug-likeness (QED) is 0.768. The molecule has 4 rings (SSSR count). The minimum Gasteiger partial charge on any atom is -0.465 e. The number of amides is 1. The largest absolute Gasteiger partial charge is 0.465 e. The Morgan fingerprint density at radius 3 is 2.74 bits per heavy atom. The number of aromatic nitrogens is 1. The highest BCUT2D eigenvalue weighted by atomic mass is 19.1. The molecule has 0 spiro atoms. The van der Waals surface area contributed by atoms with Crippen LogP contribution >= 0.6 is 0 Å². The molecule has 1 atom stereocenters. The molecule has 2 aromatic rings. The van der Waals surface area contributed by atoms with Crippen molar-refractivity contribution < 1.29 is 27.5 Å². The summed E-state index contributed by atoms with van der Waals surface area (Å²) in [6.07, 6.45) is 1.90. The Labute approximate surface area is 154 Å². The van der Waals surface area contributed by atoms with E-state index in [0.29, 0.717) is 43.9 Å². The molecule has 6 nitrogen and oxygen atoms in total. The second kappa shape index (κ2) is 7.09. The van der Waals surface area contributed by atoms with Gasteiger partial charge in [-0.1, -0.05) is 0 Å². The van der Waals surface area contributed by atoms with E-state index in [9.17, 15) is 18.4 Å². The van der Waals surface area contributed by atoms with Gasteiger partial charge in [-0.15, -0.1) is 0 Å². The number of esters is 1. The molecule has 1 amide bonds. The first-order chi connectivity index (χ1) is 13.0. The summed E-state index contributed by atoms with van der Waals surface area (Å²) in [6, 6.07) is 3.10. The van der Waals surface area contributed by atoms with Crippen LogP contribution in [0.3, 0.4) is 0 Å². The molecule has 1 aromatic heterocycles. The molecule has 142 valence electrons. The van der Waals surface area contributed by atoms with Gasteiger partial charge >= 0.3 is 5.97 Å². The van der Waals surface area contributed by atoms with Crippen molar-refractivity contribution in [2.24, 2.45) is 5.92 Å². The second-order valence-electron chi connectivity index (χ2n) is 6.80. The molecule has 2 aliphatic rings. The Balaban J connectivity index is 1.43. The van der Waals surface area contributed by atoms with Crippen LogP contribution < -0.4 is 0 Å². The van der Waals surface area contributed by atoms with E-state index in [1.54, 1.807) is 4.90 Å². The van der Waals surface area contributed by atoms with E-state index < -0.39 is 11.6 Å². The number of nitrogens with zero attached hydrogens (tertiary/aromatic N) is 2. The summed E-state index contributed by atoms with van der Waals surface area (Å²) in [7, 11) is 0. The van der Waals surface area contributed by atoms with E-state index in [4.69, 9.17) is 9.15 Å². The molecule has 1 aromatic carbocycles. The lowest BCUT2D eigenvalue weighted by atomic mass is 10.0. The third kappa shape index (κ3) is 3.70. The Kier molecular flexibility index (Phi) is 4.63. The fourth-order valence-corrected chi connectivity index (χ4v) is 3.47. The van der Waals surface area contributed by atoms with Crippen molar-refractivity contribution in [3.05, 3.63) is 41.3 Å². The lowest BCUT2D eigenvalue weighted by molar-refractivity contribution is -0.141. The third-order valence-corrected chi connectivity index (χ3v) is 4.94. The van der Waals surface area contributed by atoms with Crippen LogP contribution in [-0.2, 0) is 27.3 Å². The molecule has 2 aliphatic heterocycles. The van der Waals surface area contributed by atoms with Crippen LogP contribution in [0.5, 0.6) is 0 Å². The van der Waals surface area contributed by atoms with Crippen molar-refractivity contribution >= 4 is 11.9 Å². The number of carbonyl (C=O) groups excluding carboxylic acids is 2. The zero-order valence-electron chi connectivity index (χ0n) is 14.5. The Hall–Kier alpha value is -2.77. The Bertz CT molecular complexity index is 876. The molecular formula is C19H18F2N2O4. The summed E-state index contributed by atoms with van der Waals surface area (Å²) in [4.78, 5) is 29.9. The topological polar surface area (TPSA) is 72.6 Å². The number of oxazole rings is 1. The van der Waals surface area contributed by atoms with Crippen LogP contribution in [-0.4, -0.2) is 34.9 Å². The fraction of sp³-hybridized carbons (Fsp3) is 0.421. The Morgan fingerprint density at radius 2 is 2.04 bits per heavy atom. The van der Waals surface area contributed by atoms with E-state index in [2.05, 4.69) is 4.98 Å². The fourth-order valence-electron chi connectivity index (χ4n) is 3.47. The molecule has 1 saturated heterocycles. The van der Waals surface area contributed by atoms with E-state index >= 15 is 0 Å². The van der Waals surface area contributed by atoms with Gasteiger partial charge in [-0.25, -0.2) is 13.8 Å². The van der Waals surface area contributed by atoms with Crippen molar-refractivity contribution in [2.75, 3.05) is 13.2 Å². The molecular weight excluding hydrogens is 358 g/mol. The molecule has 1 fully saturated rings. The van der Waals surface area contributed by atoms with Crippen molar-refractivity contribution in [3.63, 3.8) is 0 Å². The van der Waals surface area contributed by atoms with Gasteiger partial charge in [-0.3, -0.25) is 9.59 Å². The molecule has 0 bridgehead atoms. The maximum Gasteiger partial charge on any atom is 0.309 e. The van der Waals surface area contributed by atoms with Crippen molar-refractivity contribution in [1.29, 1.82) is 0 Å². The number of benzene rings is 1. The van der Waals surface area contributed by atoms with Crippen molar-refractivity contribution in [2.45, 2.75) is 32.2 Å². The lowest BCUT2D eigenvalue weighted by Crippen LogP contribution is -2.36. The molecule has 0 N–H and O–H groups in total. The van der Waals surface area contributed by atoms with Gasteiger partial charge in [0.25, 0.3) is 0 Å². The number of hydrogen-bond donors (Lipinski definition) is 0. The highest BCUT2D eigenvalue weighted by molar-refractivity contribution is 5.78. The summed E-state index contributed by atoms with van der Waals surface area (Å²) < 4.78 is 37.4.